The average molecular weight is 379 g/mol. The highest BCUT2D eigenvalue weighted by Crippen LogP contribution is 2.29. The molecule has 1 aromatic heterocycles. The SMILES string of the molecule is OCC[C@@H]1CN(c2ncc(F)c(N3CCOCC3)n2)CCN1C1CCCC1. The van der Waals surface area contributed by atoms with Crippen molar-refractivity contribution in [2.45, 2.75) is 44.2 Å². The minimum atomic E-state index is -0.378. The number of hydrogen-bond donors (Lipinski definition) is 1. The summed E-state index contributed by atoms with van der Waals surface area (Å²) >= 11 is 0. The first-order chi connectivity index (χ1) is 13.3. The van der Waals surface area contributed by atoms with Crippen LogP contribution in [0.15, 0.2) is 6.20 Å². The Labute approximate surface area is 160 Å². The molecule has 150 valence electrons. The molecule has 27 heavy (non-hydrogen) atoms. The van der Waals surface area contributed by atoms with Gasteiger partial charge in [0.15, 0.2) is 11.6 Å². The van der Waals surface area contributed by atoms with Crippen molar-refractivity contribution in [1.29, 1.82) is 0 Å². The summed E-state index contributed by atoms with van der Waals surface area (Å²) in [5.41, 5.74) is 0. The van der Waals surface area contributed by atoms with Gasteiger partial charge in [0.25, 0.3) is 0 Å². The lowest BCUT2D eigenvalue weighted by molar-refractivity contribution is 0.0979. The number of rotatable bonds is 5. The fraction of sp³-hybridized carbons (Fsp3) is 0.789. The maximum atomic E-state index is 14.3. The number of aromatic nitrogens is 2. The van der Waals surface area contributed by atoms with E-state index in [0.29, 0.717) is 50.2 Å². The summed E-state index contributed by atoms with van der Waals surface area (Å²) in [5, 5.41) is 9.54. The molecular formula is C19H30FN5O2. The van der Waals surface area contributed by atoms with E-state index >= 15 is 0 Å². The van der Waals surface area contributed by atoms with Crippen LogP contribution in [0.1, 0.15) is 32.1 Å². The molecular weight excluding hydrogens is 349 g/mol. The molecule has 2 aliphatic heterocycles. The van der Waals surface area contributed by atoms with Crippen molar-refractivity contribution < 1.29 is 14.2 Å². The largest absolute Gasteiger partial charge is 0.396 e. The summed E-state index contributed by atoms with van der Waals surface area (Å²) in [6, 6.07) is 0.939. The first-order valence-corrected chi connectivity index (χ1v) is 10.2. The lowest BCUT2D eigenvalue weighted by Gasteiger charge is -2.44. The molecule has 8 heteroatoms. The number of nitrogens with zero attached hydrogens (tertiary/aromatic N) is 5. The Balaban J connectivity index is 1.49. The topological polar surface area (TPSA) is 65.0 Å². The van der Waals surface area contributed by atoms with Crippen molar-refractivity contribution in [3.63, 3.8) is 0 Å². The van der Waals surface area contributed by atoms with Gasteiger partial charge in [-0.15, -0.1) is 0 Å². The van der Waals surface area contributed by atoms with Crippen molar-refractivity contribution in [2.24, 2.45) is 0 Å². The van der Waals surface area contributed by atoms with Gasteiger partial charge in [0.2, 0.25) is 5.95 Å². The summed E-state index contributed by atoms with van der Waals surface area (Å²) in [6.45, 7) is 5.24. The molecule has 0 bridgehead atoms. The fourth-order valence-corrected chi connectivity index (χ4v) is 4.67. The number of anilines is 2. The molecule has 3 heterocycles. The number of aliphatic hydroxyl groups is 1. The molecule has 1 aromatic rings. The molecule has 0 aromatic carbocycles. The number of morpholine rings is 1. The van der Waals surface area contributed by atoms with Gasteiger partial charge in [0.05, 0.1) is 19.4 Å². The smallest absolute Gasteiger partial charge is 0.227 e. The molecule has 0 amide bonds. The number of halogens is 1. The van der Waals surface area contributed by atoms with Crippen LogP contribution in [-0.4, -0.2) is 84.6 Å². The molecule has 0 radical (unpaired) electrons. The molecule has 3 aliphatic rings. The molecule has 0 spiro atoms. The molecule has 0 unspecified atom stereocenters. The van der Waals surface area contributed by atoms with Crippen LogP contribution in [-0.2, 0) is 4.74 Å². The quantitative estimate of drug-likeness (QED) is 0.826. The second kappa shape index (κ2) is 8.67. The number of ether oxygens (including phenoxy) is 1. The van der Waals surface area contributed by atoms with Crippen molar-refractivity contribution in [1.82, 2.24) is 14.9 Å². The first-order valence-electron chi connectivity index (χ1n) is 10.2. The molecule has 4 rings (SSSR count). The van der Waals surface area contributed by atoms with Crippen molar-refractivity contribution >= 4 is 11.8 Å². The third-order valence-corrected chi connectivity index (χ3v) is 6.09. The lowest BCUT2D eigenvalue weighted by Crippen LogP contribution is -2.56. The Morgan fingerprint density at radius 3 is 2.63 bits per heavy atom. The van der Waals surface area contributed by atoms with Gasteiger partial charge in [0.1, 0.15) is 0 Å². The van der Waals surface area contributed by atoms with E-state index in [0.717, 1.165) is 26.1 Å². The highest BCUT2D eigenvalue weighted by Gasteiger charge is 2.34. The molecule has 1 aliphatic carbocycles. The zero-order valence-electron chi connectivity index (χ0n) is 15.9. The minimum absolute atomic E-state index is 0.186. The van der Waals surface area contributed by atoms with Gasteiger partial charge >= 0.3 is 0 Å². The highest BCUT2D eigenvalue weighted by molar-refractivity contribution is 5.45. The van der Waals surface area contributed by atoms with E-state index in [1.807, 2.05) is 4.90 Å². The summed E-state index contributed by atoms with van der Waals surface area (Å²) < 4.78 is 19.7. The monoisotopic (exact) mass is 379 g/mol. The van der Waals surface area contributed by atoms with Crippen LogP contribution >= 0.6 is 0 Å². The molecule has 1 N–H and O–H groups in total. The van der Waals surface area contributed by atoms with Gasteiger partial charge in [-0.2, -0.15) is 4.98 Å². The van der Waals surface area contributed by atoms with E-state index < -0.39 is 0 Å². The third kappa shape index (κ3) is 4.17. The van der Waals surface area contributed by atoms with Gasteiger partial charge in [-0.3, -0.25) is 4.90 Å². The number of piperazine rings is 1. The molecule has 1 saturated carbocycles. The third-order valence-electron chi connectivity index (χ3n) is 6.09. The molecule has 3 fully saturated rings. The van der Waals surface area contributed by atoms with Crippen molar-refractivity contribution in [3.8, 4) is 0 Å². The molecule has 2 saturated heterocycles. The van der Waals surface area contributed by atoms with E-state index in [1.165, 1.54) is 31.9 Å². The summed E-state index contributed by atoms with van der Waals surface area (Å²) in [6.07, 6.45) is 7.18. The van der Waals surface area contributed by atoms with Gasteiger partial charge < -0.3 is 19.6 Å². The Morgan fingerprint density at radius 1 is 1.11 bits per heavy atom. The van der Waals surface area contributed by atoms with E-state index in [2.05, 4.69) is 19.8 Å². The van der Waals surface area contributed by atoms with Gasteiger partial charge in [0, 0.05) is 51.4 Å². The number of hydrogen-bond acceptors (Lipinski definition) is 7. The second-order valence-corrected chi connectivity index (χ2v) is 7.73. The van der Waals surface area contributed by atoms with Crippen LogP contribution in [0.4, 0.5) is 16.2 Å². The highest BCUT2D eigenvalue weighted by atomic mass is 19.1. The zero-order valence-corrected chi connectivity index (χ0v) is 15.9. The Bertz CT molecular complexity index is 622. The molecule has 7 nitrogen and oxygen atoms in total. The Kier molecular flexibility index (Phi) is 6.04. The minimum Gasteiger partial charge on any atom is -0.396 e. The van der Waals surface area contributed by atoms with Crippen molar-refractivity contribution in [3.05, 3.63) is 12.0 Å². The van der Waals surface area contributed by atoms with Crippen LogP contribution in [0.2, 0.25) is 0 Å². The van der Waals surface area contributed by atoms with Crippen LogP contribution in [0.5, 0.6) is 0 Å². The maximum Gasteiger partial charge on any atom is 0.227 e. The van der Waals surface area contributed by atoms with Gasteiger partial charge in [-0.1, -0.05) is 12.8 Å². The molecule has 1 atom stereocenters. The summed E-state index contributed by atoms with van der Waals surface area (Å²) in [5.74, 6) is 0.587. The average Bonchev–Trinajstić information content (AvgIpc) is 3.24. The van der Waals surface area contributed by atoms with Crippen LogP contribution in [0, 0.1) is 5.82 Å². The van der Waals surface area contributed by atoms with Gasteiger partial charge in [-0.25, -0.2) is 9.37 Å². The predicted molar refractivity (Wildman–Crippen MR) is 102 cm³/mol. The zero-order chi connectivity index (χ0) is 18.6. The van der Waals surface area contributed by atoms with Crippen LogP contribution < -0.4 is 9.80 Å². The van der Waals surface area contributed by atoms with Crippen molar-refractivity contribution in [2.75, 3.05) is 62.3 Å². The van der Waals surface area contributed by atoms with Crippen LogP contribution in [0.3, 0.4) is 0 Å². The normalized spacial score (nSPS) is 25.3. The first kappa shape index (κ1) is 18.8. The maximum absolute atomic E-state index is 14.3. The standard InChI is InChI=1S/C19H30FN5O2/c20-17-13-21-19(22-18(17)23-8-11-27-12-9-23)24-6-7-25(15-3-1-2-4-15)16(14-24)5-10-26/h13,15-16,26H,1-12,14H2/t16-/m1/s1. The van der Waals surface area contributed by atoms with Gasteiger partial charge in [-0.05, 0) is 19.3 Å². The van der Waals surface area contributed by atoms with E-state index in [-0.39, 0.29) is 12.4 Å². The number of aliphatic hydroxyl groups excluding tert-OH is 1. The van der Waals surface area contributed by atoms with E-state index in [9.17, 15) is 9.50 Å². The Hall–Kier alpha value is -1.51. The predicted octanol–water partition coefficient (Wildman–Crippen LogP) is 1.27. The van der Waals surface area contributed by atoms with Crippen LogP contribution in [0.25, 0.3) is 0 Å². The summed E-state index contributed by atoms with van der Waals surface area (Å²) in [4.78, 5) is 15.5. The van der Waals surface area contributed by atoms with E-state index in [1.54, 1.807) is 0 Å². The summed E-state index contributed by atoms with van der Waals surface area (Å²) in [7, 11) is 0. The second-order valence-electron chi connectivity index (χ2n) is 7.73. The van der Waals surface area contributed by atoms with E-state index in [4.69, 9.17) is 4.74 Å². The lowest BCUT2D eigenvalue weighted by atomic mass is 10.0. The fourth-order valence-electron chi connectivity index (χ4n) is 4.67. The Morgan fingerprint density at radius 2 is 1.89 bits per heavy atom.